The Morgan fingerprint density at radius 2 is 2.21 bits per heavy atom. The molecule has 0 unspecified atom stereocenters. The third kappa shape index (κ3) is 1.85. The molecule has 2 aromatic rings. The molecule has 0 saturated carbocycles. The van der Waals surface area contributed by atoms with Gasteiger partial charge in [0.2, 0.25) is 0 Å². The monoisotopic (exact) mass is 254 g/mol. The van der Waals surface area contributed by atoms with E-state index in [4.69, 9.17) is 0 Å². The van der Waals surface area contributed by atoms with Crippen molar-refractivity contribution in [3.8, 4) is 0 Å². The summed E-state index contributed by atoms with van der Waals surface area (Å²) in [5.41, 5.74) is 0.621. The van der Waals surface area contributed by atoms with E-state index in [9.17, 15) is 4.39 Å². The second-order valence-corrected chi connectivity index (χ2v) is 3.76. The molecule has 0 aliphatic rings. The summed E-state index contributed by atoms with van der Waals surface area (Å²) in [7, 11) is 0. The molecule has 14 heavy (non-hydrogen) atoms. The van der Waals surface area contributed by atoms with E-state index in [1.165, 1.54) is 6.07 Å². The van der Waals surface area contributed by atoms with Crippen molar-refractivity contribution in [2.45, 2.75) is 6.54 Å². The molecule has 0 saturated heterocycles. The smallest absolute Gasteiger partial charge is 0.129 e. The first-order valence-corrected chi connectivity index (χ1v) is 4.97. The third-order valence-electron chi connectivity index (χ3n) is 1.94. The van der Waals surface area contributed by atoms with Crippen molar-refractivity contribution in [1.29, 1.82) is 0 Å². The lowest BCUT2D eigenvalue weighted by atomic mass is 10.2. The van der Waals surface area contributed by atoms with Crippen LogP contribution in [0.25, 0.3) is 0 Å². The van der Waals surface area contributed by atoms with Gasteiger partial charge in [0.15, 0.2) is 0 Å². The van der Waals surface area contributed by atoms with Crippen LogP contribution in [0, 0.1) is 5.82 Å². The van der Waals surface area contributed by atoms with Gasteiger partial charge in [0.05, 0.1) is 6.54 Å². The number of rotatable bonds is 2. The molecule has 72 valence electrons. The van der Waals surface area contributed by atoms with Crippen molar-refractivity contribution >= 4 is 15.9 Å². The predicted molar refractivity (Wildman–Crippen MR) is 55.4 cm³/mol. The van der Waals surface area contributed by atoms with E-state index in [0.29, 0.717) is 12.1 Å². The topological polar surface area (TPSA) is 17.8 Å². The minimum Gasteiger partial charge on any atom is -0.268 e. The van der Waals surface area contributed by atoms with E-state index in [0.717, 1.165) is 4.47 Å². The Balaban J connectivity index is 2.33. The van der Waals surface area contributed by atoms with Crippen molar-refractivity contribution < 1.29 is 4.39 Å². The average Bonchev–Trinajstić information content (AvgIpc) is 2.64. The molecule has 0 radical (unpaired) electrons. The van der Waals surface area contributed by atoms with E-state index in [1.54, 1.807) is 23.1 Å². The molecular weight excluding hydrogens is 247 g/mol. The summed E-state index contributed by atoms with van der Waals surface area (Å²) in [6, 6.07) is 6.76. The average molecular weight is 255 g/mol. The van der Waals surface area contributed by atoms with Crippen molar-refractivity contribution in [1.82, 2.24) is 9.78 Å². The standard InChI is InChI=1S/C10H8BrFN2/c11-9-3-1-4-10(12)8(9)7-14-6-2-5-13-14/h1-6H,7H2. The summed E-state index contributed by atoms with van der Waals surface area (Å²) in [6.45, 7) is 0.445. The fourth-order valence-electron chi connectivity index (χ4n) is 1.24. The molecule has 4 heteroatoms. The number of nitrogens with zero attached hydrogens (tertiary/aromatic N) is 2. The first-order valence-electron chi connectivity index (χ1n) is 4.17. The number of halogens is 2. The molecule has 2 rings (SSSR count). The second-order valence-electron chi connectivity index (χ2n) is 2.90. The Hall–Kier alpha value is -1.16. The van der Waals surface area contributed by atoms with Crippen molar-refractivity contribution in [3.63, 3.8) is 0 Å². The van der Waals surface area contributed by atoms with E-state index in [-0.39, 0.29) is 5.82 Å². The van der Waals surface area contributed by atoms with E-state index in [1.807, 2.05) is 12.1 Å². The Labute approximate surface area is 89.5 Å². The van der Waals surface area contributed by atoms with Crippen LogP contribution in [0.5, 0.6) is 0 Å². The molecule has 2 nitrogen and oxygen atoms in total. The van der Waals surface area contributed by atoms with Crippen LogP contribution in [0.2, 0.25) is 0 Å². The van der Waals surface area contributed by atoms with Crippen LogP contribution in [0.3, 0.4) is 0 Å². The molecule has 0 aliphatic carbocycles. The van der Waals surface area contributed by atoms with Crippen LogP contribution in [-0.4, -0.2) is 9.78 Å². The largest absolute Gasteiger partial charge is 0.268 e. The van der Waals surface area contributed by atoms with Crippen LogP contribution in [-0.2, 0) is 6.54 Å². The maximum atomic E-state index is 13.4. The number of hydrogen-bond acceptors (Lipinski definition) is 1. The minimum absolute atomic E-state index is 0.213. The number of hydrogen-bond donors (Lipinski definition) is 0. The number of aromatic nitrogens is 2. The zero-order chi connectivity index (χ0) is 9.97. The van der Waals surface area contributed by atoms with Gasteiger partial charge in [-0.25, -0.2) is 4.39 Å². The van der Waals surface area contributed by atoms with Crippen LogP contribution in [0.4, 0.5) is 4.39 Å². The highest BCUT2D eigenvalue weighted by Gasteiger charge is 2.06. The Morgan fingerprint density at radius 3 is 2.86 bits per heavy atom. The molecule has 0 spiro atoms. The molecule has 0 atom stereocenters. The molecule has 1 aromatic carbocycles. The van der Waals surface area contributed by atoms with Crippen molar-refractivity contribution in [3.05, 3.63) is 52.5 Å². The molecule has 0 aliphatic heterocycles. The van der Waals surface area contributed by atoms with Gasteiger partial charge in [0, 0.05) is 22.4 Å². The molecule has 1 heterocycles. The van der Waals surface area contributed by atoms with Crippen molar-refractivity contribution in [2.24, 2.45) is 0 Å². The zero-order valence-corrected chi connectivity index (χ0v) is 8.91. The van der Waals surface area contributed by atoms with E-state index >= 15 is 0 Å². The summed E-state index contributed by atoms with van der Waals surface area (Å²) in [6.07, 6.45) is 3.48. The van der Waals surface area contributed by atoms with Gasteiger partial charge in [-0.1, -0.05) is 22.0 Å². The van der Waals surface area contributed by atoms with Crippen LogP contribution < -0.4 is 0 Å². The van der Waals surface area contributed by atoms with Crippen LogP contribution in [0.15, 0.2) is 41.1 Å². The SMILES string of the molecule is Fc1cccc(Br)c1Cn1cccn1. The Kier molecular flexibility index (Phi) is 2.63. The maximum absolute atomic E-state index is 13.4. The maximum Gasteiger partial charge on any atom is 0.129 e. The van der Waals surface area contributed by atoms with Gasteiger partial charge in [0.1, 0.15) is 5.82 Å². The van der Waals surface area contributed by atoms with Gasteiger partial charge in [0.25, 0.3) is 0 Å². The third-order valence-corrected chi connectivity index (χ3v) is 2.68. The summed E-state index contributed by atoms with van der Waals surface area (Å²) < 4.78 is 15.8. The van der Waals surface area contributed by atoms with Gasteiger partial charge >= 0.3 is 0 Å². The van der Waals surface area contributed by atoms with Gasteiger partial charge in [-0.05, 0) is 18.2 Å². The number of benzene rings is 1. The van der Waals surface area contributed by atoms with Gasteiger partial charge in [-0.15, -0.1) is 0 Å². The highest BCUT2D eigenvalue weighted by atomic mass is 79.9. The molecule has 0 N–H and O–H groups in total. The first-order chi connectivity index (χ1) is 6.77. The van der Waals surface area contributed by atoms with E-state index in [2.05, 4.69) is 21.0 Å². The highest BCUT2D eigenvalue weighted by molar-refractivity contribution is 9.10. The zero-order valence-electron chi connectivity index (χ0n) is 7.32. The summed E-state index contributed by atoms with van der Waals surface area (Å²) >= 11 is 3.31. The normalized spacial score (nSPS) is 10.4. The predicted octanol–water partition coefficient (Wildman–Crippen LogP) is 2.83. The quantitative estimate of drug-likeness (QED) is 0.806. The first kappa shape index (κ1) is 9.40. The highest BCUT2D eigenvalue weighted by Crippen LogP contribution is 2.20. The van der Waals surface area contributed by atoms with Crippen LogP contribution in [0.1, 0.15) is 5.56 Å². The fraction of sp³-hybridized carbons (Fsp3) is 0.100. The molecule has 0 fully saturated rings. The van der Waals surface area contributed by atoms with E-state index < -0.39 is 0 Å². The molecule has 0 bridgehead atoms. The molecular formula is C10H8BrFN2. The minimum atomic E-state index is -0.213. The van der Waals surface area contributed by atoms with Crippen molar-refractivity contribution in [2.75, 3.05) is 0 Å². The molecule has 0 amide bonds. The summed E-state index contributed by atoms with van der Waals surface area (Å²) in [5.74, 6) is -0.213. The fourth-order valence-corrected chi connectivity index (χ4v) is 1.71. The lowest BCUT2D eigenvalue weighted by Crippen LogP contribution is -2.02. The lowest BCUT2D eigenvalue weighted by Gasteiger charge is -2.05. The van der Waals surface area contributed by atoms with Gasteiger partial charge in [-0.3, -0.25) is 4.68 Å². The lowest BCUT2D eigenvalue weighted by molar-refractivity contribution is 0.583. The van der Waals surface area contributed by atoms with Gasteiger partial charge in [-0.2, -0.15) is 5.10 Å². The molecule has 1 aromatic heterocycles. The Morgan fingerprint density at radius 1 is 1.36 bits per heavy atom. The van der Waals surface area contributed by atoms with Gasteiger partial charge < -0.3 is 0 Å². The second kappa shape index (κ2) is 3.92. The summed E-state index contributed by atoms with van der Waals surface area (Å²) in [5, 5.41) is 4.02. The van der Waals surface area contributed by atoms with Crippen LogP contribution >= 0.6 is 15.9 Å². The summed E-state index contributed by atoms with van der Waals surface area (Å²) in [4.78, 5) is 0. The Bertz CT molecular complexity index is 405.